The number of benzene rings is 2. The van der Waals surface area contributed by atoms with Crippen molar-refractivity contribution in [3.63, 3.8) is 0 Å². The molecule has 22 heavy (non-hydrogen) atoms. The van der Waals surface area contributed by atoms with Crippen LogP contribution in [0.1, 0.15) is 5.56 Å². The van der Waals surface area contributed by atoms with E-state index in [1.54, 1.807) is 0 Å². The van der Waals surface area contributed by atoms with Crippen LogP contribution in [0.4, 0.5) is 11.5 Å². The summed E-state index contributed by atoms with van der Waals surface area (Å²) in [6.07, 6.45) is 1.49. The average Bonchev–Trinajstić information content (AvgIpc) is 2.55. The van der Waals surface area contributed by atoms with Crippen LogP contribution < -0.4 is 10.6 Å². The van der Waals surface area contributed by atoms with Gasteiger partial charge in [-0.05, 0) is 31.2 Å². The predicted octanol–water partition coefficient (Wildman–Crippen LogP) is 2.99. The van der Waals surface area contributed by atoms with Crippen molar-refractivity contribution in [2.24, 2.45) is 0 Å². The van der Waals surface area contributed by atoms with Crippen LogP contribution in [-0.2, 0) is 4.79 Å². The number of hydrogen-bond acceptors (Lipinski definition) is 4. The molecule has 3 aromatic rings. The Labute approximate surface area is 128 Å². The molecule has 0 spiro atoms. The fourth-order valence-electron chi connectivity index (χ4n) is 2.15. The number of fused-ring (bicyclic) bond motifs is 1. The number of carbonyl (C=O) groups excluding carboxylic acids is 1. The van der Waals surface area contributed by atoms with Crippen LogP contribution in [0.25, 0.3) is 10.9 Å². The maximum absolute atomic E-state index is 12.0. The lowest BCUT2D eigenvalue weighted by Crippen LogP contribution is -2.22. The van der Waals surface area contributed by atoms with Gasteiger partial charge in [0.2, 0.25) is 5.91 Å². The van der Waals surface area contributed by atoms with E-state index in [1.807, 2.05) is 55.5 Å². The van der Waals surface area contributed by atoms with Gasteiger partial charge in [0, 0.05) is 11.1 Å². The van der Waals surface area contributed by atoms with E-state index in [4.69, 9.17) is 0 Å². The molecule has 1 amide bonds. The number of rotatable bonds is 4. The molecule has 1 heterocycles. The van der Waals surface area contributed by atoms with Gasteiger partial charge < -0.3 is 10.6 Å². The van der Waals surface area contributed by atoms with Gasteiger partial charge in [0.1, 0.15) is 12.1 Å². The Morgan fingerprint density at radius 1 is 1.05 bits per heavy atom. The number of hydrogen-bond donors (Lipinski definition) is 2. The molecule has 1 aromatic heterocycles. The summed E-state index contributed by atoms with van der Waals surface area (Å²) in [5.74, 6) is 0.538. The van der Waals surface area contributed by atoms with E-state index >= 15 is 0 Å². The molecule has 0 atom stereocenters. The summed E-state index contributed by atoms with van der Waals surface area (Å²) >= 11 is 0. The number of aryl methyl sites for hydroxylation is 1. The van der Waals surface area contributed by atoms with Crippen LogP contribution >= 0.6 is 0 Å². The second kappa shape index (κ2) is 6.22. The third-order valence-electron chi connectivity index (χ3n) is 3.29. The molecule has 2 aromatic carbocycles. The van der Waals surface area contributed by atoms with Crippen LogP contribution in [0.3, 0.4) is 0 Å². The molecule has 3 rings (SSSR count). The Morgan fingerprint density at radius 3 is 2.64 bits per heavy atom. The summed E-state index contributed by atoms with van der Waals surface area (Å²) in [6, 6.07) is 15.4. The third-order valence-corrected chi connectivity index (χ3v) is 3.29. The topological polar surface area (TPSA) is 66.9 Å². The molecule has 0 fully saturated rings. The molecule has 0 aliphatic rings. The van der Waals surface area contributed by atoms with Crippen LogP contribution in [0, 0.1) is 6.92 Å². The van der Waals surface area contributed by atoms with Gasteiger partial charge in [0.05, 0.1) is 12.1 Å². The number of aromatic nitrogens is 2. The summed E-state index contributed by atoms with van der Waals surface area (Å²) in [7, 11) is 0. The number of carbonyl (C=O) groups is 1. The quantitative estimate of drug-likeness (QED) is 0.775. The largest absolute Gasteiger partial charge is 0.360 e. The minimum absolute atomic E-state index is 0.119. The molecule has 0 aliphatic carbocycles. The molecule has 5 heteroatoms. The molecule has 0 aliphatic heterocycles. The summed E-state index contributed by atoms with van der Waals surface area (Å²) in [5, 5.41) is 6.79. The lowest BCUT2D eigenvalue weighted by Gasteiger charge is -2.09. The van der Waals surface area contributed by atoms with E-state index in [1.165, 1.54) is 6.33 Å². The SMILES string of the molecule is Cc1ccc(NC(=O)CNc2ncnc3ccccc23)cc1. The van der Waals surface area contributed by atoms with Gasteiger partial charge in [0.25, 0.3) is 0 Å². The lowest BCUT2D eigenvalue weighted by molar-refractivity contribution is -0.114. The molecule has 2 N–H and O–H groups in total. The number of para-hydroxylation sites is 1. The van der Waals surface area contributed by atoms with Crippen molar-refractivity contribution < 1.29 is 4.79 Å². The van der Waals surface area contributed by atoms with E-state index in [0.29, 0.717) is 5.82 Å². The standard InChI is InChI=1S/C17H16N4O/c1-12-6-8-13(9-7-12)21-16(22)10-18-17-14-4-2-3-5-15(14)19-11-20-17/h2-9,11H,10H2,1H3,(H,21,22)(H,18,19,20). The highest BCUT2D eigenvalue weighted by Crippen LogP contribution is 2.18. The van der Waals surface area contributed by atoms with Crippen molar-refractivity contribution in [2.45, 2.75) is 6.92 Å². The summed E-state index contributed by atoms with van der Waals surface area (Å²) in [6.45, 7) is 2.16. The molecule has 0 unspecified atom stereocenters. The van der Waals surface area contributed by atoms with Crippen molar-refractivity contribution in [1.29, 1.82) is 0 Å². The van der Waals surface area contributed by atoms with Gasteiger partial charge in [-0.3, -0.25) is 4.79 Å². The normalized spacial score (nSPS) is 10.4. The van der Waals surface area contributed by atoms with Crippen LogP contribution in [-0.4, -0.2) is 22.4 Å². The summed E-state index contributed by atoms with van der Waals surface area (Å²) < 4.78 is 0. The number of amides is 1. The molecule has 0 radical (unpaired) electrons. The van der Waals surface area contributed by atoms with E-state index in [9.17, 15) is 4.79 Å². The Hall–Kier alpha value is -2.95. The third kappa shape index (κ3) is 3.20. The molecule has 110 valence electrons. The summed E-state index contributed by atoms with van der Waals surface area (Å²) in [4.78, 5) is 20.4. The molecule has 5 nitrogen and oxygen atoms in total. The number of nitrogens with one attached hydrogen (secondary N) is 2. The van der Waals surface area contributed by atoms with E-state index < -0.39 is 0 Å². The fraction of sp³-hybridized carbons (Fsp3) is 0.118. The Bertz CT molecular complexity index is 794. The van der Waals surface area contributed by atoms with Gasteiger partial charge in [-0.2, -0.15) is 0 Å². The number of nitrogens with zero attached hydrogens (tertiary/aromatic N) is 2. The van der Waals surface area contributed by atoms with Crippen LogP contribution in [0.15, 0.2) is 54.9 Å². The van der Waals surface area contributed by atoms with Crippen molar-refractivity contribution in [2.75, 3.05) is 17.2 Å². The Balaban J connectivity index is 1.66. The maximum Gasteiger partial charge on any atom is 0.243 e. The summed E-state index contributed by atoms with van der Waals surface area (Å²) in [5.41, 5.74) is 2.78. The zero-order chi connectivity index (χ0) is 15.4. The zero-order valence-corrected chi connectivity index (χ0v) is 12.2. The molecular formula is C17H16N4O. The Morgan fingerprint density at radius 2 is 1.82 bits per heavy atom. The molecule has 0 bridgehead atoms. The zero-order valence-electron chi connectivity index (χ0n) is 12.2. The van der Waals surface area contributed by atoms with Crippen molar-refractivity contribution in [3.8, 4) is 0 Å². The monoisotopic (exact) mass is 292 g/mol. The first-order valence-electron chi connectivity index (χ1n) is 7.02. The fourth-order valence-corrected chi connectivity index (χ4v) is 2.15. The van der Waals surface area contributed by atoms with Gasteiger partial charge in [0.15, 0.2) is 0 Å². The molecular weight excluding hydrogens is 276 g/mol. The lowest BCUT2D eigenvalue weighted by atomic mass is 10.2. The second-order valence-corrected chi connectivity index (χ2v) is 5.01. The highest BCUT2D eigenvalue weighted by Gasteiger charge is 2.06. The first kappa shape index (κ1) is 14.0. The van der Waals surface area contributed by atoms with Crippen molar-refractivity contribution in [3.05, 3.63) is 60.4 Å². The van der Waals surface area contributed by atoms with Gasteiger partial charge in [-0.15, -0.1) is 0 Å². The minimum Gasteiger partial charge on any atom is -0.360 e. The minimum atomic E-state index is -0.119. The van der Waals surface area contributed by atoms with Gasteiger partial charge in [-0.25, -0.2) is 9.97 Å². The van der Waals surface area contributed by atoms with Crippen molar-refractivity contribution >= 4 is 28.3 Å². The average molecular weight is 292 g/mol. The van der Waals surface area contributed by atoms with E-state index in [-0.39, 0.29) is 12.5 Å². The first-order chi connectivity index (χ1) is 10.7. The van der Waals surface area contributed by atoms with Crippen LogP contribution in [0.2, 0.25) is 0 Å². The first-order valence-corrected chi connectivity index (χ1v) is 7.02. The molecule has 0 saturated carbocycles. The smallest absolute Gasteiger partial charge is 0.243 e. The number of anilines is 2. The second-order valence-electron chi connectivity index (χ2n) is 5.01. The molecule has 0 saturated heterocycles. The van der Waals surface area contributed by atoms with E-state index in [2.05, 4.69) is 20.6 Å². The Kier molecular flexibility index (Phi) is 3.96. The van der Waals surface area contributed by atoms with Gasteiger partial charge >= 0.3 is 0 Å². The van der Waals surface area contributed by atoms with Crippen LogP contribution in [0.5, 0.6) is 0 Å². The predicted molar refractivity (Wildman–Crippen MR) is 87.8 cm³/mol. The van der Waals surface area contributed by atoms with Gasteiger partial charge in [-0.1, -0.05) is 29.8 Å². The highest BCUT2D eigenvalue weighted by molar-refractivity contribution is 5.95. The maximum atomic E-state index is 12.0. The van der Waals surface area contributed by atoms with Crippen molar-refractivity contribution in [1.82, 2.24) is 9.97 Å². The van der Waals surface area contributed by atoms with E-state index in [0.717, 1.165) is 22.2 Å². The highest BCUT2D eigenvalue weighted by atomic mass is 16.1.